The molecule has 3 fully saturated rings. The van der Waals surface area contributed by atoms with Crippen LogP contribution in [0.4, 0.5) is 18.0 Å². The average molecular weight is 508 g/mol. The van der Waals surface area contributed by atoms with Gasteiger partial charge in [-0.3, -0.25) is 4.79 Å². The number of rotatable bonds is 4. The molecule has 8 nitrogen and oxygen atoms in total. The van der Waals surface area contributed by atoms with Gasteiger partial charge >= 0.3 is 6.09 Å². The number of halogens is 4. The molecule has 0 spiro atoms. The summed E-state index contributed by atoms with van der Waals surface area (Å²) in [7, 11) is -3.81. The van der Waals surface area contributed by atoms with Crippen LogP contribution in [0, 0.1) is 23.1 Å². The highest BCUT2D eigenvalue weighted by Gasteiger charge is 2.49. The first kappa shape index (κ1) is 25.1. The lowest BCUT2D eigenvalue weighted by atomic mass is 10.0. The van der Waals surface area contributed by atoms with Crippen molar-refractivity contribution in [1.29, 1.82) is 5.26 Å². The Morgan fingerprint density at radius 1 is 1.24 bits per heavy atom. The summed E-state index contributed by atoms with van der Waals surface area (Å²) in [6.07, 6.45) is 0.817. The molecule has 3 aliphatic rings. The van der Waals surface area contributed by atoms with Gasteiger partial charge in [-0.2, -0.15) is 5.26 Å². The summed E-state index contributed by atoms with van der Waals surface area (Å²) < 4.78 is 64.1. The predicted octanol–water partition coefficient (Wildman–Crippen LogP) is 3.21. The number of nitriles is 1. The largest absolute Gasteiger partial charge is 0.465 e. The van der Waals surface area contributed by atoms with Gasteiger partial charge < -0.3 is 15.3 Å². The van der Waals surface area contributed by atoms with Crippen molar-refractivity contribution in [3.05, 3.63) is 29.0 Å². The Hall–Kier alpha value is -2.52. The molecule has 1 aromatic carbocycles. The normalized spacial score (nSPS) is 24.5. The van der Waals surface area contributed by atoms with E-state index in [1.807, 2.05) is 6.07 Å². The average Bonchev–Trinajstić information content (AvgIpc) is 3.27. The van der Waals surface area contributed by atoms with Crippen LogP contribution in [0.1, 0.15) is 32.1 Å². The number of benzene rings is 1. The van der Waals surface area contributed by atoms with Crippen molar-refractivity contribution in [1.82, 2.24) is 10.2 Å². The summed E-state index contributed by atoms with van der Waals surface area (Å²) >= 11 is 5.83. The Bertz CT molecular complexity index is 1100. The van der Waals surface area contributed by atoms with Gasteiger partial charge in [0, 0.05) is 5.92 Å². The molecule has 33 heavy (non-hydrogen) atoms. The Morgan fingerprint density at radius 3 is 2.33 bits per heavy atom. The first-order valence-corrected chi connectivity index (χ1v) is 12.0. The Labute approximate surface area is 193 Å². The molecule has 0 radical (unpaired) electrons. The molecular weight excluding hydrogens is 487 g/mol. The van der Waals surface area contributed by atoms with Gasteiger partial charge in [-0.05, 0) is 50.3 Å². The lowest BCUT2D eigenvalue weighted by molar-refractivity contribution is -0.169. The second kappa shape index (κ2) is 9.02. The van der Waals surface area contributed by atoms with Crippen LogP contribution in [0.3, 0.4) is 0 Å². The van der Waals surface area contributed by atoms with E-state index < -0.39 is 63.4 Å². The number of hydrogen-bond donors (Lipinski definition) is 2. The summed E-state index contributed by atoms with van der Waals surface area (Å²) in [4.78, 5) is 23.0. The number of carboxylic acid groups (broad SMARTS) is 1. The molecule has 13 heteroatoms. The van der Waals surface area contributed by atoms with Crippen molar-refractivity contribution in [2.75, 3.05) is 13.1 Å². The SMILES string of the molecule is N#CC1(NC(=O)O)CC1.O=C([C@@H]1CC[C@@H](S(=O)(=O)c2ccc(F)cc2Cl)C1)N1CC(F)(F)C1. The van der Waals surface area contributed by atoms with Gasteiger partial charge in [0.1, 0.15) is 11.4 Å². The van der Waals surface area contributed by atoms with E-state index in [4.69, 9.17) is 22.0 Å². The third-order valence-corrected chi connectivity index (χ3v) is 8.54. The maximum absolute atomic E-state index is 13.1. The second-order valence-corrected chi connectivity index (χ2v) is 11.0. The molecule has 0 unspecified atom stereocenters. The monoisotopic (exact) mass is 507 g/mol. The fourth-order valence-electron chi connectivity index (χ4n) is 3.85. The lowest BCUT2D eigenvalue weighted by Gasteiger charge is -2.40. The highest BCUT2D eigenvalue weighted by molar-refractivity contribution is 7.92. The maximum atomic E-state index is 13.1. The predicted molar refractivity (Wildman–Crippen MR) is 110 cm³/mol. The first-order valence-electron chi connectivity index (χ1n) is 10.1. The number of carbonyl (C=O) groups is 2. The van der Waals surface area contributed by atoms with Gasteiger partial charge in [-0.15, -0.1) is 0 Å². The Balaban J connectivity index is 0.000000286. The van der Waals surface area contributed by atoms with E-state index in [2.05, 4.69) is 5.32 Å². The van der Waals surface area contributed by atoms with Crippen molar-refractivity contribution in [2.45, 2.75) is 53.7 Å². The van der Waals surface area contributed by atoms with E-state index in [0.717, 1.165) is 23.1 Å². The number of hydrogen-bond acceptors (Lipinski definition) is 5. The van der Waals surface area contributed by atoms with Gasteiger partial charge in [0.05, 0.1) is 34.3 Å². The maximum Gasteiger partial charge on any atom is 0.405 e. The van der Waals surface area contributed by atoms with Crippen molar-refractivity contribution in [2.24, 2.45) is 5.92 Å². The first-order chi connectivity index (χ1) is 15.3. The van der Waals surface area contributed by atoms with E-state index >= 15 is 0 Å². The Morgan fingerprint density at radius 2 is 1.88 bits per heavy atom. The molecular formula is C20H21ClF3N3O5S. The van der Waals surface area contributed by atoms with Crippen LogP contribution in [0.15, 0.2) is 23.1 Å². The molecule has 1 heterocycles. The van der Waals surface area contributed by atoms with Gasteiger partial charge in [-0.25, -0.2) is 26.4 Å². The van der Waals surface area contributed by atoms with Gasteiger partial charge in [0.25, 0.3) is 5.92 Å². The second-order valence-electron chi connectivity index (χ2n) is 8.43. The van der Waals surface area contributed by atoms with Crippen LogP contribution < -0.4 is 5.32 Å². The molecule has 180 valence electrons. The summed E-state index contributed by atoms with van der Waals surface area (Å²) in [5.74, 6) is -4.50. The quantitative estimate of drug-likeness (QED) is 0.602. The molecule has 0 aromatic heterocycles. The number of alkyl halides is 2. The molecule has 1 saturated heterocycles. The zero-order chi connectivity index (χ0) is 24.6. The van der Waals surface area contributed by atoms with Gasteiger partial charge in [-0.1, -0.05) is 11.6 Å². The third-order valence-electron chi connectivity index (χ3n) is 5.84. The number of amides is 2. The van der Waals surface area contributed by atoms with E-state index in [9.17, 15) is 31.2 Å². The fraction of sp³-hybridized carbons (Fsp3) is 0.550. The highest BCUT2D eigenvalue weighted by Crippen LogP contribution is 2.38. The van der Waals surface area contributed by atoms with Gasteiger partial charge in [0.15, 0.2) is 9.84 Å². The van der Waals surface area contributed by atoms with E-state index in [1.165, 1.54) is 0 Å². The van der Waals surface area contributed by atoms with Crippen LogP contribution in [0.25, 0.3) is 0 Å². The van der Waals surface area contributed by atoms with Crippen LogP contribution in [-0.4, -0.2) is 60.2 Å². The summed E-state index contributed by atoms with van der Waals surface area (Å²) in [5, 5.41) is 17.6. The number of sulfone groups is 1. The van der Waals surface area contributed by atoms with Crippen molar-refractivity contribution in [3.63, 3.8) is 0 Å². The summed E-state index contributed by atoms with van der Waals surface area (Å²) in [6.45, 7) is -1.22. The topological polar surface area (TPSA) is 128 Å². The van der Waals surface area contributed by atoms with Crippen molar-refractivity contribution >= 4 is 33.4 Å². The minimum atomic E-state index is -3.81. The minimum Gasteiger partial charge on any atom is -0.465 e. The molecule has 4 rings (SSSR count). The van der Waals surface area contributed by atoms with E-state index in [1.54, 1.807) is 0 Å². The minimum absolute atomic E-state index is 0.0664. The Kier molecular flexibility index (Phi) is 6.87. The standard InChI is InChI=1S/C15H15ClF3NO3S.C5H6N2O2/c16-12-6-10(17)2-4-13(12)24(22,23)11-3-1-9(5-11)14(21)20-7-15(18,19)8-20;6-3-5(1-2-5)7-4(8)9/h2,4,6,9,11H,1,3,5,7-8H2;7H,1-2H2,(H,8,9)/t9-,11-;/m1./s1. The highest BCUT2D eigenvalue weighted by atomic mass is 35.5. The summed E-state index contributed by atoms with van der Waals surface area (Å²) in [6, 6.07) is 4.94. The molecule has 0 bridgehead atoms. The van der Waals surface area contributed by atoms with E-state index in [-0.39, 0.29) is 22.8 Å². The number of nitrogens with zero attached hydrogens (tertiary/aromatic N) is 2. The number of carbonyl (C=O) groups excluding carboxylic acids is 1. The van der Waals surface area contributed by atoms with E-state index in [0.29, 0.717) is 19.3 Å². The van der Waals surface area contributed by atoms with Crippen molar-refractivity contribution < 1.29 is 36.3 Å². The smallest absolute Gasteiger partial charge is 0.405 e. The van der Waals surface area contributed by atoms with Crippen LogP contribution in [0.2, 0.25) is 5.02 Å². The summed E-state index contributed by atoms with van der Waals surface area (Å²) in [5.41, 5.74) is -0.730. The zero-order valence-electron chi connectivity index (χ0n) is 17.2. The molecule has 2 atom stereocenters. The third kappa shape index (κ3) is 5.70. The number of nitrogens with one attached hydrogen (secondary N) is 1. The van der Waals surface area contributed by atoms with Crippen LogP contribution in [0.5, 0.6) is 0 Å². The van der Waals surface area contributed by atoms with Gasteiger partial charge in [0.2, 0.25) is 5.91 Å². The lowest BCUT2D eigenvalue weighted by Crippen LogP contribution is -2.59. The van der Waals surface area contributed by atoms with Crippen molar-refractivity contribution in [3.8, 4) is 6.07 Å². The van der Waals surface area contributed by atoms with Crippen LogP contribution in [-0.2, 0) is 14.6 Å². The van der Waals surface area contributed by atoms with Crippen LogP contribution >= 0.6 is 11.6 Å². The molecule has 2 saturated carbocycles. The molecule has 2 aliphatic carbocycles. The molecule has 1 aromatic rings. The fourth-order valence-corrected chi connectivity index (χ4v) is 6.22. The zero-order valence-corrected chi connectivity index (χ0v) is 18.8. The molecule has 1 aliphatic heterocycles. The molecule has 2 amide bonds. The number of likely N-dealkylation sites (tertiary alicyclic amines) is 1. The molecule has 2 N–H and O–H groups in total.